The van der Waals surface area contributed by atoms with Crippen LogP contribution in [0.2, 0.25) is 0 Å². The molecule has 0 spiro atoms. The summed E-state index contributed by atoms with van der Waals surface area (Å²) >= 11 is 0. The van der Waals surface area contributed by atoms with Crippen molar-refractivity contribution in [2.45, 2.75) is 13.3 Å². The van der Waals surface area contributed by atoms with E-state index >= 15 is 0 Å². The molecule has 164 valence electrons. The standard InChI is InChI=1S/C24H27N7O/c1-17(2)22-27-23(29-24(28-22)31-13-11-30(3)12-14-31)26-21-16-19(9-10-25-21)20(32)15-18-7-5-4-6-8-18/h4-10,16H,1,11-15H2,2-3H3,(H,25,26,27,28,29). The largest absolute Gasteiger partial charge is 0.338 e. The maximum atomic E-state index is 12.7. The van der Waals surface area contributed by atoms with Crippen molar-refractivity contribution in [1.82, 2.24) is 24.8 Å². The Morgan fingerprint density at radius 3 is 2.53 bits per heavy atom. The highest BCUT2D eigenvalue weighted by molar-refractivity contribution is 5.98. The number of hydrogen-bond acceptors (Lipinski definition) is 8. The van der Waals surface area contributed by atoms with Gasteiger partial charge in [0, 0.05) is 44.4 Å². The number of piperazine rings is 1. The zero-order valence-corrected chi connectivity index (χ0v) is 18.5. The molecular formula is C24H27N7O. The van der Waals surface area contributed by atoms with Crippen molar-refractivity contribution in [3.63, 3.8) is 0 Å². The number of allylic oxidation sites excluding steroid dienone is 1. The molecular weight excluding hydrogens is 402 g/mol. The number of carbonyl (C=O) groups is 1. The Morgan fingerprint density at radius 2 is 1.81 bits per heavy atom. The molecule has 3 heterocycles. The highest BCUT2D eigenvalue weighted by Gasteiger charge is 2.19. The Bertz CT molecular complexity index is 1110. The number of ketones is 1. The van der Waals surface area contributed by atoms with Crippen LogP contribution in [0.5, 0.6) is 0 Å². The second-order valence-electron chi connectivity index (χ2n) is 7.99. The SMILES string of the molecule is C=C(C)c1nc(Nc2cc(C(=O)Cc3ccccc3)ccn2)nc(N2CCN(C)CC2)n1. The molecule has 0 amide bonds. The van der Waals surface area contributed by atoms with Gasteiger partial charge in [0.05, 0.1) is 0 Å². The van der Waals surface area contributed by atoms with E-state index in [-0.39, 0.29) is 5.78 Å². The minimum Gasteiger partial charge on any atom is -0.338 e. The van der Waals surface area contributed by atoms with Crippen molar-refractivity contribution in [3.05, 3.63) is 72.2 Å². The van der Waals surface area contributed by atoms with E-state index in [1.807, 2.05) is 37.3 Å². The van der Waals surface area contributed by atoms with Gasteiger partial charge in [0.1, 0.15) is 5.82 Å². The Kier molecular flexibility index (Phi) is 6.51. The average Bonchev–Trinajstić information content (AvgIpc) is 2.80. The minimum absolute atomic E-state index is 0.0260. The van der Waals surface area contributed by atoms with Crippen molar-refractivity contribution in [3.8, 4) is 0 Å². The summed E-state index contributed by atoms with van der Waals surface area (Å²) < 4.78 is 0. The number of nitrogens with zero attached hydrogens (tertiary/aromatic N) is 6. The van der Waals surface area contributed by atoms with E-state index in [0.29, 0.717) is 35.5 Å². The first kappa shape index (κ1) is 21.6. The smallest absolute Gasteiger partial charge is 0.233 e. The fourth-order valence-corrected chi connectivity index (χ4v) is 3.43. The first-order chi connectivity index (χ1) is 15.5. The van der Waals surface area contributed by atoms with Gasteiger partial charge in [-0.05, 0) is 37.2 Å². The van der Waals surface area contributed by atoms with Crippen molar-refractivity contribution < 1.29 is 4.79 Å². The number of pyridine rings is 1. The van der Waals surface area contributed by atoms with Gasteiger partial charge in [-0.2, -0.15) is 15.0 Å². The van der Waals surface area contributed by atoms with Crippen LogP contribution in [-0.4, -0.2) is 63.8 Å². The van der Waals surface area contributed by atoms with E-state index in [2.05, 4.69) is 48.7 Å². The summed E-state index contributed by atoms with van der Waals surface area (Å²) in [6.45, 7) is 9.44. The highest BCUT2D eigenvalue weighted by Crippen LogP contribution is 2.19. The van der Waals surface area contributed by atoms with E-state index in [0.717, 1.165) is 37.3 Å². The van der Waals surface area contributed by atoms with E-state index in [4.69, 9.17) is 0 Å². The zero-order valence-electron chi connectivity index (χ0n) is 18.5. The molecule has 0 radical (unpaired) electrons. The lowest BCUT2D eigenvalue weighted by molar-refractivity contribution is 0.0993. The van der Waals surface area contributed by atoms with E-state index in [1.165, 1.54) is 0 Å². The summed E-state index contributed by atoms with van der Waals surface area (Å²) in [6, 6.07) is 13.1. The van der Waals surface area contributed by atoms with Crippen LogP contribution in [0.1, 0.15) is 28.7 Å². The molecule has 1 aromatic carbocycles. The molecule has 1 aliphatic rings. The monoisotopic (exact) mass is 429 g/mol. The van der Waals surface area contributed by atoms with Gasteiger partial charge < -0.3 is 15.1 Å². The quantitative estimate of drug-likeness (QED) is 0.573. The summed E-state index contributed by atoms with van der Waals surface area (Å²) in [4.78, 5) is 35.2. The topological polar surface area (TPSA) is 87.1 Å². The molecule has 8 heteroatoms. The Hall–Kier alpha value is -3.65. The Labute approximate surface area is 188 Å². The molecule has 1 aliphatic heterocycles. The second kappa shape index (κ2) is 9.65. The second-order valence-corrected chi connectivity index (χ2v) is 7.99. The molecule has 0 aliphatic carbocycles. The third-order valence-corrected chi connectivity index (χ3v) is 5.32. The van der Waals surface area contributed by atoms with Gasteiger partial charge in [-0.3, -0.25) is 4.79 Å². The molecule has 1 saturated heterocycles. The van der Waals surface area contributed by atoms with Gasteiger partial charge in [-0.1, -0.05) is 36.9 Å². The van der Waals surface area contributed by atoms with Gasteiger partial charge in [0.15, 0.2) is 11.6 Å². The molecule has 0 saturated carbocycles. The number of carbonyl (C=O) groups excluding carboxylic acids is 1. The number of benzene rings is 1. The predicted octanol–water partition coefficient (Wildman–Crippen LogP) is 3.22. The molecule has 4 rings (SSSR count). The number of nitrogens with one attached hydrogen (secondary N) is 1. The lowest BCUT2D eigenvalue weighted by atomic mass is 10.0. The average molecular weight is 430 g/mol. The molecule has 1 N–H and O–H groups in total. The number of hydrogen-bond donors (Lipinski definition) is 1. The molecule has 8 nitrogen and oxygen atoms in total. The Morgan fingerprint density at radius 1 is 1.06 bits per heavy atom. The van der Waals surface area contributed by atoms with Crippen molar-refractivity contribution in [2.24, 2.45) is 0 Å². The summed E-state index contributed by atoms with van der Waals surface area (Å²) in [7, 11) is 2.11. The van der Waals surface area contributed by atoms with E-state index in [9.17, 15) is 4.79 Å². The number of rotatable bonds is 7. The number of likely N-dealkylation sites (N-methyl/N-ethyl adjacent to an activating group) is 1. The summed E-state index contributed by atoms with van der Waals surface area (Å²) in [5, 5.41) is 3.14. The van der Waals surface area contributed by atoms with Crippen LogP contribution < -0.4 is 10.2 Å². The van der Waals surface area contributed by atoms with E-state index in [1.54, 1.807) is 18.3 Å². The van der Waals surface area contributed by atoms with Crippen LogP contribution in [0, 0.1) is 0 Å². The first-order valence-corrected chi connectivity index (χ1v) is 10.6. The molecule has 1 fully saturated rings. The van der Waals surface area contributed by atoms with Crippen molar-refractivity contribution in [2.75, 3.05) is 43.4 Å². The number of anilines is 3. The minimum atomic E-state index is 0.0260. The number of aromatic nitrogens is 4. The fraction of sp³-hybridized carbons (Fsp3) is 0.292. The lowest BCUT2D eigenvalue weighted by Gasteiger charge is -2.32. The van der Waals surface area contributed by atoms with Crippen LogP contribution in [0.15, 0.2) is 55.2 Å². The highest BCUT2D eigenvalue weighted by atomic mass is 16.1. The van der Waals surface area contributed by atoms with Gasteiger partial charge in [0.25, 0.3) is 0 Å². The van der Waals surface area contributed by atoms with Crippen LogP contribution in [0.3, 0.4) is 0 Å². The molecule has 0 atom stereocenters. The Balaban J connectivity index is 1.55. The number of Topliss-reactive ketones (excluding diaryl/α,β-unsaturated/α-hetero) is 1. The van der Waals surface area contributed by atoms with Gasteiger partial charge in [0.2, 0.25) is 11.9 Å². The molecule has 32 heavy (non-hydrogen) atoms. The maximum absolute atomic E-state index is 12.7. The molecule has 0 bridgehead atoms. The molecule has 3 aromatic rings. The third-order valence-electron chi connectivity index (χ3n) is 5.32. The zero-order chi connectivity index (χ0) is 22.5. The summed E-state index contributed by atoms with van der Waals surface area (Å²) in [6.07, 6.45) is 1.95. The lowest BCUT2D eigenvalue weighted by Crippen LogP contribution is -2.45. The third kappa shape index (κ3) is 5.33. The molecule has 0 unspecified atom stereocenters. The normalized spacial score (nSPS) is 14.2. The summed E-state index contributed by atoms with van der Waals surface area (Å²) in [5.74, 6) is 2.06. The van der Waals surface area contributed by atoms with Crippen LogP contribution >= 0.6 is 0 Å². The summed E-state index contributed by atoms with van der Waals surface area (Å²) in [5.41, 5.74) is 2.31. The van der Waals surface area contributed by atoms with E-state index < -0.39 is 0 Å². The van der Waals surface area contributed by atoms with Gasteiger partial charge >= 0.3 is 0 Å². The maximum Gasteiger partial charge on any atom is 0.233 e. The predicted molar refractivity (Wildman–Crippen MR) is 126 cm³/mol. The van der Waals surface area contributed by atoms with Crippen LogP contribution in [0.25, 0.3) is 5.57 Å². The fourth-order valence-electron chi connectivity index (χ4n) is 3.43. The van der Waals surface area contributed by atoms with Crippen molar-refractivity contribution >= 4 is 29.1 Å². The van der Waals surface area contributed by atoms with Gasteiger partial charge in [-0.15, -0.1) is 0 Å². The first-order valence-electron chi connectivity index (χ1n) is 10.6. The van der Waals surface area contributed by atoms with Crippen LogP contribution in [-0.2, 0) is 6.42 Å². The van der Waals surface area contributed by atoms with Gasteiger partial charge in [-0.25, -0.2) is 4.98 Å². The molecule has 2 aromatic heterocycles. The van der Waals surface area contributed by atoms with Crippen LogP contribution in [0.4, 0.5) is 17.7 Å². The van der Waals surface area contributed by atoms with Crippen molar-refractivity contribution in [1.29, 1.82) is 0 Å².